The number of anilines is 1. The summed E-state index contributed by atoms with van der Waals surface area (Å²) in [5.41, 5.74) is 1.05. The van der Waals surface area contributed by atoms with Gasteiger partial charge in [0.1, 0.15) is 17.1 Å². The average molecular weight is 389 g/mol. The molecule has 4 rings (SSSR count). The summed E-state index contributed by atoms with van der Waals surface area (Å²) in [5, 5.41) is 2.77. The van der Waals surface area contributed by atoms with E-state index in [-0.39, 0.29) is 29.2 Å². The summed E-state index contributed by atoms with van der Waals surface area (Å²) in [5.74, 6) is 0.0217. The molecule has 1 saturated heterocycles. The molecule has 1 aliphatic heterocycles. The molecule has 0 spiro atoms. The van der Waals surface area contributed by atoms with Gasteiger partial charge in [0.25, 0.3) is 11.8 Å². The van der Waals surface area contributed by atoms with Crippen LogP contribution in [0.25, 0.3) is 0 Å². The lowest BCUT2D eigenvalue weighted by Crippen LogP contribution is -2.29. The Morgan fingerprint density at radius 3 is 2.31 bits per heavy atom. The third-order valence-electron chi connectivity index (χ3n) is 4.46. The van der Waals surface area contributed by atoms with Gasteiger partial charge in [-0.25, -0.2) is 15.0 Å². The Labute approximate surface area is 167 Å². The smallest absolute Gasteiger partial charge is 0.321 e. The predicted molar refractivity (Wildman–Crippen MR) is 106 cm³/mol. The second kappa shape index (κ2) is 8.47. The highest BCUT2D eigenvalue weighted by Crippen LogP contribution is 2.20. The van der Waals surface area contributed by atoms with Gasteiger partial charge < -0.3 is 15.0 Å². The number of hydrogen-bond acceptors (Lipinski definition) is 6. The minimum Gasteiger partial charge on any atom is -0.424 e. The summed E-state index contributed by atoms with van der Waals surface area (Å²) < 4.78 is 5.52. The fourth-order valence-corrected chi connectivity index (χ4v) is 3.01. The molecule has 3 heterocycles. The first-order valence-corrected chi connectivity index (χ1v) is 9.32. The number of ether oxygens (including phenoxy) is 1. The van der Waals surface area contributed by atoms with Crippen LogP contribution in [0.1, 0.15) is 33.8 Å². The number of amides is 2. The fraction of sp³-hybridized carbons (Fsp3) is 0.190. The number of nitrogens with one attached hydrogen (secondary N) is 1. The lowest BCUT2D eigenvalue weighted by molar-refractivity contribution is 0.0787. The number of likely N-dealkylation sites (tertiary alicyclic amines) is 1. The van der Waals surface area contributed by atoms with E-state index < -0.39 is 0 Å². The average Bonchev–Trinajstić information content (AvgIpc) is 3.30. The number of hydrogen-bond donors (Lipinski definition) is 1. The second-order valence-electron chi connectivity index (χ2n) is 6.52. The summed E-state index contributed by atoms with van der Waals surface area (Å²) in [4.78, 5) is 39.0. The van der Waals surface area contributed by atoms with Crippen molar-refractivity contribution in [1.82, 2.24) is 19.9 Å². The first kappa shape index (κ1) is 18.5. The van der Waals surface area contributed by atoms with Crippen molar-refractivity contribution in [3.63, 3.8) is 0 Å². The zero-order valence-corrected chi connectivity index (χ0v) is 15.6. The molecule has 0 unspecified atom stereocenters. The number of carbonyl (C=O) groups is 2. The van der Waals surface area contributed by atoms with E-state index in [4.69, 9.17) is 4.74 Å². The number of aromatic nitrogens is 3. The molecule has 2 aromatic heterocycles. The van der Waals surface area contributed by atoms with Crippen LogP contribution in [0.4, 0.5) is 5.69 Å². The Morgan fingerprint density at radius 2 is 1.59 bits per heavy atom. The van der Waals surface area contributed by atoms with Crippen LogP contribution >= 0.6 is 0 Å². The Morgan fingerprint density at radius 1 is 0.897 bits per heavy atom. The van der Waals surface area contributed by atoms with Crippen molar-refractivity contribution in [1.29, 1.82) is 0 Å². The molecule has 2 amide bonds. The molecule has 0 aliphatic carbocycles. The van der Waals surface area contributed by atoms with Gasteiger partial charge in [-0.2, -0.15) is 0 Å². The van der Waals surface area contributed by atoms with Gasteiger partial charge in [-0.15, -0.1) is 0 Å². The van der Waals surface area contributed by atoms with E-state index >= 15 is 0 Å². The molecule has 8 nitrogen and oxygen atoms in total. The largest absolute Gasteiger partial charge is 0.424 e. The fourth-order valence-electron chi connectivity index (χ4n) is 3.01. The van der Waals surface area contributed by atoms with Crippen LogP contribution in [-0.2, 0) is 0 Å². The summed E-state index contributed by atoms with van der Waals surface area (Å²) in [6.45, 7) is 1.47. The van der Waals surface area contributed by atoms with Crippen molar-refractivity contribution in [2.24, 2.45) is 0 Å². The minimum absolute atomic E-state index is 0.137. The van der Waals surface area contributed by atoms with E-state index in [1.54, 1.807) is 65.8 Å². The van der Waals surface area contributed by atoms with Gasteiger partial charge in [-0.05, 0) is 55.3 Å². The van der Waals surface area contributed by atoms with Crippen LogP contribution in [0.3, 0.4) is 0 Å². The van der Waals surface area contributed by atoms with Gasteiger partial charge in [0.05, 0.1) is 0 Å². The van der Waals surface area contributed by atoms with Gasteiger partial charge >= 0.3 is 6.01 Å². The van der Waals surface area contributed by atoms with Crippen molar-refractivity contribution in [2.45, 2.75) is 12.8 Å². The molecular weight excluding hydrogens is 370 g/mol. The van der Waals surface area contributed by atoms with Gasteiger partial charge in [-0.3, -0.25) is 9.59 Å². The van der Waals surface area contributed by atoms with Gasteiger partial charge in [0.15, 0.2) is 0 Å². The van der Waals surface area contributed by atoms with Crippen LogP contribution in [0.2, 0.25) is 0 Å². The monoisotopic (exact) mass is 389 g/mol. The zero-order valence-electron chi connectivity index (χ0n) is 15.6. The van der Waals surface area contributed by atoms with Crippen LogP contribution in [-0.4, -0.2) is 44.8 Å². The van der Waals surface area contributed by atoms with Crippen LogP contribution < -0.4 is 10.1 Å². The van der Waals surface area contributed by atoms with E-state index in [0.717, 1.165) is 25.9 Å². The number of benzene rings is 1. The van der Waals surface area contributed by atoms with E-state index in [9.17, 15) is 9.59 Å². The third kappa shape index (κ3) is 4.55. The Balaban J connectivity index is 1.41. The summed E-state index contributed by atoms with van der Waals surface area (Å²) in [6.07, 6.45) is 5.18. The molecular formula is C21H19N5O3. The highest BCUT2D eigenvalue weighted by atomic mass is 16.5. The Kier molecular flexibility index (Phi) is 5.42. The highest BCUT2D eigenvalue weighted by molar-refractivity contribution is 6.03. The van der Waals surface area contributed by atoms with Crippen molar-refractivity contribution in [2.75, 3.05) is 18.4 Å². The maximum atomic E-state index is 12.5. The van der Waals surface area contributed by atoms with Crippen LogP contribution in [0, 0.1) is 0 Å². The van der Waals surface area contributed by atoms with Crippen molar-refractivity contribution >= 4 is 17.5 Å². The molecule has 8 heteroatoms. The minimum atomic E-state index is -0.388. The van der Waals surface area contributed by atoms with Crippen LogP contribution in [0.15, 0.2) is 60.9 Å². The first-order valence-electron chi connectivity index (χ1n) is 9.32. The quantitative estimate of drug-likeness (QED) is 0.720. The molecule has 0 radical (unpaired) electrons. The molecule has 0 bridgehead atoms. The summed E-state index contributed by atoms with van der Waals surface area (Å²) >= 11 is 0. The summed E-state index contributed by atoms with van der Waals surface area (Å²) in [7, 11) is 0. The number of nitrogens with zero attached hydrogens (tertiary/aromatic N) is 4. The Bertz CT molecular complexity index is 1000. The maximum absolute atomic E-state index is 12.5. The lowest BCUT2D eigenvalue weighted by Gasteiger charge is -2.14. The van der Waals surface area contributed by atoms with Crippen molar-refractivity contribution < 1.29 is 14.3 Å². The first-order chi connectivity index (χ1) is 14.2. The number of carbonyl (C=O) groups excluding carboxylic acids is 2. The molecule has 0 saturated carbocycles. The molecule has 0 atom stereocenters. The second-order valence-corrected chi connectivity index (χ2v) is 6.52. The van der Waals surface area contributed by atoms with Crippen molar-refractivity contribution in [3.05, 3.63) is 72.3 Å². The molecule has 1 N–H and O–H groups in total. The standard InChI is InChI=1S/C21H19N5O3/c27-19(17-5-3-6-18(25-17)20(28)26-13-1-2-14-26)24-15-7-9-16(10-8-15)29-21-22-11-4-12-23-21/h3-12H,1-2,13-14H2,(H,24,27). The van der Waals surface area contributed by atoms with Gasteiger partial charge in [0, 0.05) is 31.2 Å². The highest BCUT2D eigenvalue weighted by Gasteiger charge is 2.21. The SMILES string of the molecule is O=C(Nc1ccc(Oc2ncccn2)cc1)c1cccc(C(=O)N2CCCC2)n1. The van der Waals surface area contributed by atoms with Crippen molar-refractivity contribution in [3.8, 4) is 11.8 Å². The molecule has 1 fully saturated rings. The van der Waals surface area contributed by atoms with E-state index in [1.165, 1.54) is 0 Å². The van der Waals surface area contributed by atoms with Gasteiger partial charge in [-0.1, -0.05) is 6.07 Å². The lowest BCUT2D eigenvalue weighted by atomic mass is 10.2. The number of pyridine rings is 1. The van der Waals surface area contributed by atoms with E-state index in [2.05, 4.69) is 20.3 Å². The molecule has 146 valence electrons. The van der Waals surface area contributed by atoms with E-state index in [1.807, 2.05) is 0 Å². The zero-order chi connectivity index (χ0) is 20.1. The maximum Gasteiger partial charge on any atom is 0.321 e. The molecule has 1 aliphatic rings. The molecule has 3 aromatic rings. The summed E-state index contributed by atoms with van der Waals surface area (Å²) in [6, 6.07) is 13.6. The van der Waals surface area contributed by atoms with E-state index in [0.29, 0.717) is 11.4 Å². The normalized spacial score (nSPS) is 13.2. The predicted octanol–water partition coefficient (Wildman–Crippen LogP) is 3.15. The van der Waals surface area contributed by atoms with Gasteiger partial charge in [0.2, 0.25) is 0 Å². The molecule has 1 aromatic carbocycles. The van der Waals surface area contributed by atoms with Crippen LogP contribution in [0.5, 0.6) is 11.8 Å². The topological polar surface area (TPSA) is 97.3 Å². The third-order valence-corrected chi connectivity index (χ3v) is 4.46. The number of rotatable bonds is 5. The molecule has 29 heavy (non-hydrogen) atoms. The Hall–Kier alpha value is -3.81.